The SMILES string of the molecule is CC(=O)N1c2ccc(S(=O)(=O)NC(Cc3ccccc3)C(=O)Nc3ccc(C)cc3)cc2CC1C. The first-order valence-electron chi connectivity index (χ1n) is 11.5. The zero-order valence-electron chi connectivity index (χ0n) is 20.0. The van der Waals surface area contributed by atoms with Gasteiger partial charge in [-0.15, -0.1) is 0 Å². The van der Waals surface area contributed by atoms with Crippen LogP contribution in [0.4, 0.5) is 11.4 Å². The van der Waals surface area contributed by atoms with Crippen LogP contribution in [0.3, 0.4) is 0 Å². The van der Waals surface area contributed by atoms with Crippen LogP contribution >= 0.6 is 0 Å². The van der Waals surface area contributed by atoms with E-state index in [9.17, 15) is 18.0 Å². The molecule has 4 rings (SSSR count). The highest BCUT2D eigenvalue weighted by atomic mass is 32.2. The van der Waals surface area contributed by atoms with E-state index in [2.05, 4.69) is 10.0 Å². The van der Waals surface area contributed by atoms with Gasteiger partial charge in [-0.2, -0.15) is 4.72 Å². The Morgan fingerprint density at radius 2 is 1.71 bits per heavy atom. The molecule has 0 fully saturated rings. The minimum absolute atomic E-state index is 0.0421. The van der Waals surface area contributed by atoms with Crippen LogP contribution in [0.5, 0.6) is 0 Å². The van der Waals surface area contributed by atoms with Crippen molar-refractivity contribution in [1.29, 1.82) is 0 Å². The molecule has 0 aliphatic carbocycles. The van der Waals surface area contributed by atoms with E-state index in [1.165, 1.54) is 13.0 Å². The van der Waals surface area contributed by atoms with E-state index in [-0.39, 0.29) is 23.3 Å². The fourth-order valence-corrected chi connectivity index (χ4v) is 5.66. The molecule has 0 radical (unpaired) electrons. The number of anilines is 2. The number of sulfonamides is 1. The highest BCUT2D eigenvalue weighted by Gasteiger charge is 2.31. The predicted octanol–water partition coefficient (Wildman–Crippen LogP) is 3.82. The second kappa shape index (κ2) is 10.0. The van der Waals surface area contributed by atoms with Gasteiger partial charge in [0, 0.05) is 24.3 Å². The van der Waals surface area contributed by atoms with Gasteiger partial charge in [0.05, 0.1) is 4.90 Å². The molecule has 0 aromatic heterocycles. The Bertz CT molecular complexity index is 1340. The second-order valence-corrected chi connectivity index (χ2v) is 10.7. The molecule has 8 heteroatoms. The van der Waals surface area contributed by atoms with Gasteiger partial charge < -0.3 is 10.2 Å². The maximum absolute atomic E-state index is 13.4. The number of carbonyl (C=O) groups excluding carboxylic acids is 2. The summed E-state index contributed by atoms with van der Waals surface area (Å²) in [5, 5.41) is 2.82. The molecule has 182 valence electrons. The van der Waals surface area contributed by atoms with Gasteiger partial charge in [0.25, 0.3) is 0 Å². The van der Waals surface area contributed by atoms with Crippen LogP contribution in [0.15, 0.2) is 77.7 Å². The summed E-state index contributed by atoms with van der Waals surface area (Å²) in [6.07, 6.45) is 0.761. The van der Waals surface area contributed by atoms with Gasteiger partial charge in [-0.05, 0) is 68.1 Å². The molecule has 2 atom stereocenters. The molecular weight excluding hydrogens is 462 g/mol. The Balaban J connectivity index is 1.60. The van der Waals surface area contributed by atoms with Gasteiger partial charge in [-0.3, -0.25) is 9.59 Å². The molecular formula is C27H29N3O4S. The summed E-state index contributed by atoms with van der Waals surface area (Å²) >= 11 is 0. The summed E-state index contributed by atoms with van der Waals surface area (Å²) in [7, 11) is -4.01. The number of nitrogens with zero attached hydrogens (tertiary/aromatic N) is 1. The van der Waals surface area contributed by atoms with Crippen LogP contribution in [0.1, 0.15) is 30.5 Å². The Morgan fingerprint density at radius 1 is 1.03 bits per heavy atom. The van der Waals surface area contributed by atoms with E-state index in [1.807, 2.05) is 56.3 Å². The minimum atomic E-state index is -4.01. The highest BCUT2D eigenvalue weighted by Crippen LogP contribution is 2.34. The van der Waals surface area contributed by atoms with Crippen LogP contribution in [-0.4, -0.2) is 32.3 Å². The molecule has 7 nitrogen and oxygen atoms in total. The smallest absolute Gasteiger partial charge is 0.242 e. The van der Waals surface area contributed by atoms with Crippen molar-refractivity contribution in [2.24, 2.45) is 0 Å². The van der Waals surface area contributed by atoms with Crippen molar-refractivity contribution < 1.29 is 18.0 Å². The number of rotatable bonds is 7. The Morgan fingerprint density at radius 3 is 2.37 bits per heavy atom. The van der Waals surface area contributed by atoms with E-state index in [1.54, 1.807) is 29.2 Å². The molecule has 2 N–H and O–H groups in total. The first-order chi connectivity index (χ1) is 16.6. The summed E-state index contributed by atoms with van der Waals surface area (Å²) in [6.45, 7) is 5.38. The van der Waals surface area contributed by atoms with Gasteiger partial charge in [0.1, 0.15) is 6.04 Å². The Labute approximate surface area is 206 Å². The van der Waals surface area contributed by atoms with Crippen molar-refractivity contribution in [2.45, 2.75) is 50.6 Å². The lowest BCUT2D eigenvalue weighted by Crippen LogP contribution is -2.45. The molecule has 3 aromatic carbocycles. The number of benzene rings is 3. The summed E-state index contributed by atoms with van der Waals surface area (Å²) in [5.41, 5.74) is 3.99. The lowest BCUT2D eigenvalue weighted by Gasteiger charge is -2.21. The average Bonchev–Trinajstić information content (AvgIpc) is 3.15. The number of nitrogens with one attached hydrogen (secondary N) is 2. The average molecular weight is 492 g/mol. The molecule has 2 unspecified atom stereocenters. The fraction of sp³-hybridized carbons (Fsp3) is 0.259. The van der Waals surface area contributed by atoms with E-state index >= 15 is 0 Å². The zero-order valence-corrected chi connectivity index (χ0v) is 20.8. The van der Waals surface area contributed by atoms with E-state index in [0.29, 0.717) is 12.1 Å². The molecule has 0 saturated carbocycles. The number of aryl methyl sites for hydroxylation is 1. The first-order valence-corrected chi connectivity index (χ1v) is 13.0. The molecule has 1 aliphatic heterocycles. The third-order valence-corrected chi connectivity index (χ3v) is 7.60. The summed E-state index contributed by atoms with van der Waals surface area (Å²) < 4.78 is 29.3. The van der Waals surface area contributed by atoms with Gasteiger partial charge >= 0.3 is 0 Å². The van der Waals surface area contributed by atoms with Crippen molar-refractivity contribution in [1.82, 2.24) is 4.72 Å². The van der Waals surface area contributed by atoms with Crippen molar-refractivity contribution in [2.75, 3.05) is 10.2 Å². The number of hydrogen-bond acceptors (Lipinski definition) is 4. The molecule has 1 aliphatic rings. The summed E-state index contributed by atoms with van der Waals surface area (Å²) in [4.78, 5) is 26.9. The number of fused-ring (bicyclic) bond motifs is 1. The van der Waals surface area contributed by atoms with Gasteiger partial charge in [0.2, 0.25) is 21.8 Å². The molecule has 0 saturated heterocycles. The van der Waals surface area contributed by atoms with Crippen LogP contribution in [0, 0.1) is 6.92 Å². The topological polar surface area (TPSA) is 95.6 Å². The predicted molar refractivity (Wildman–Crippen MR) is 137 cm³/mol. The lowest BCUT2D eigenvalue weighted by molar-refractivity contribution is -0.118. The van der Waals surface area contributed by atoms with Crippen molar-refractivity contribution >= 4 is 33.2 Å². The largest absolute Gasteiger partial charge is 0.325 e. The van der Waals surface area contributed by atoms with Gasteiger partial charge in [-0.1, -0.05) is 48.0 Å². The lowest BCUT2D eigenvalue weighted by atomic mass is 10.1. The Kier molecular flexibility index (Phi) is 7.05. The molecule has 0 spiro atoms. The Hall–Kier alpha value is -3.49. The quantitative estimate of drug-likeness (QED) is 0.525. The maximum atomic E-state index is 13.4. The summed E-state index contributed by atoms with van der Waals surface area (Å²) in [6, 6.07) is 20.3. The van der Waals surface area contributed by atoms with Gasteiger partial charge in [-0.25, -0.2) is 8.42 Å². The normalized spacial score (nSPS) is 16.0. The van der Waals surface area contributed by atoms with Crippen molar-refractivity contribution in [3.05, 3.63) is 89.5 Å². The molecule has 3 aromatic rings. The first kappa shape index (κ1) is 24.6. The van der Waals surface area contributed by atoms with E-state index < -0.39 is 22.0 Å². The molecule has 0 bridgehead atoms. The van der Waals surface area contributed by atoms with Crippen LogP contribution in [0.25, 0.3) is 0 Å². The van der Waals surface area contributed by atoms with E-state index in [0.717, 1.165) is 22.4 Å². The van der Waals surface area contributed by atoms with Gasteiger partial charge in [0.15, 0.2) is 0 Å². The third-order valence-electron chi connectivity index (χ3n) is 6.13. The van der Waals surface area contributed by atoms with Crippen molar-refractivity contribution in [3.63, 3.8) is 0 Å². The molecule has 2 amide bonds. The molecule has 1 heterocycles. The van der Waals surface area contributed by atoms with Crippen LogP contribution in [-0.2, 0) is 32.5 Å². The third kappa shape index (κ3) is 5.61. The highest BCUT2D eigenvalue weighted by molar-refractivity contribution is 7.89. The number of carbonyl (C=O) groups is 2. The standard InChI is InChI=1S/C27H29N3O4S/c1-18-9-11-23(12-10-18)28-27(32)25(16-21-7-5-4-6-8-21)29-35(33,34)24-13-14-26-22(17-24)15-19(2)30(26)20(3)31/h4-14,17,19,25,29H,15-16H2,1-3H3,(H,28,32). The van der Waals surface area contributed by atoms with E-state index in [4.69, 9.17) is 0 Å². The maximum Gasteiger partial charge on any atom is 0.242 e. The second-order valence-electron chi connectivity index (χ2n) is 8.95. The number of hydrogen-bond donors (Lipinski definition) is 2. The van der Waals surface area contributed by atoms with Crippen molar-refractivity contribution in [3.8, 4) is 0 Å². The van der Waals surface area contributed by atoms with Crippen LogP contribution < -0.4 is 14.9 Å². The minimum Gasteiger partial charge on any atom is -0.325 e. The fourth-order valence-electron chi connectivity index (χ4n) is 4.41. The zero-order chi connectivity index (χ0) is 25.2. The summed E-state index contributed by atoms with van der Waals surface area (Å²) in [5.74, 6) is -0.528. The van der Waals surface area contributed by atoms with Crippen LogP contribution in [0.2, 0.25) is 0 Å². The molecule has 35 heavy (non-hydrogen) atoms. The number of amides is 2. The monoisotopic (exact) mass is 491 g/mol.